The standard InChI is InChI=1S/C19H18FN5O4/c1-13-18(21-22-24(13)14-6-5-7-15(12-14)25(27)28)19(26)23(2)10-11-29-17-9-4-3-8-16(17)20/h3-9,12H,10-11H2,1-2H3. The molecule has 1 aromatic heterocycles. The maximum absolute atomic E-state index is 13.6. The van der Waals surface area contributed by atoms with Gasteiger partial charge in [0.05, 0.1) is 22.8 Å². The van der Waals surface area contributed by atoms with E-state index in [1.54, 1.807) is 32.2 Å². The molecule has 0 bridgehead atoms. The highest BCUT2D eigenvalue weighted by molar-refractivity contribution is 5.93. The molecule has 2 aromatic carbocycles. The van der Waals surface area contributed by atoms with Gasteiger partial charge >= 0.3 is 0 Å². The molecular formula is C19H18FN5O4. The van der Waals surface area contributed by atoms with Gasteiger partial charge in [-0.15, -0.1) is 5.10 Å². The number of likely N-dealkylation sites (N-methyl/N-ethyl adjacent to an activating group) is 1. The Hall–Kier alpha value is -3.82. The average Bonchev–Trinajstić information content (AvgIpc) is 3.10. The molecule has 0 N–H and O–H groups in total. The molecule has 0 aliphatic carbocycles. The number of aromatic nitrogens is 3. The van der Waals surface area contributed by atoms with Crippen LogP contribution >= 0.6 is 0 Å². The van der Waals surface area contributed by atoms with Crippen LogP contribution in [0.4, 0.5) is 10.1 Å². The summed E-state index contributed by atoms with van der Waals surface area (Å²) in [6, 6.07) is 11.9. The van der Waals surface area contributed by atoms with Gasteiger partial charge in [-0.25, -0.2) is 9.07 Å². The topological polar surface area (TPSA) is 103 Å². The third-order valence-corrected chi connectivity index (χ3v) is 4.25. The number of hydrogen-bond donors (Lipinski definition) is 0. The predicted molar refractivity (Wildman–Crippen MR) is 102 cm³/mol. The first-order valence-electron chi connectivity index (χ1n) is 8.68. The number of halogens is 1. The lowest BCUT2D eigenvalue weighted by Gasteiger charge is -2.16. The summed E-state index contributed by atoms with van der Waals surface area (Å²) in [5.74, 6) is -0.755. The van der Waals surface area contributed by atoms with Gasteiger partial charge in [-0.05, 0) is 25.1 Å². The maximum atomic E-state index is 13.6. The number of carbonyl (C=O) groups is 1. The fraction of sp³-hybridized carbons (Fsp3) is 0.211. The first-order chi connectivity index (χ1) is 13.9. The summed E-state index contributed by atoms with van der Waals surface area (Å²) >= 11 is 0. The van der Waals surface area contributed by atoms with E-state index >= 15 is 0 Å². The molecule has 1 heterocycles. The maximum Gasteiger partial charge on any atom is 0.276 e. The van der Waals surface area contributed by atoms with E-state index in [4.69, 9.17) is 4.74 Å². The van der Waals surface area contributed by atoms with E-state index in [1.165, 1.54) is 39.9 Å². The van der Waals surface area contributed by atoms with Crippen LogP contribution in [0.3, 0.4) is 0 Å². The van der Waals surface area contributed by atoms with Crippen molar-refractivity contribution in [3.63, 3.8) is 0 Å². The van der Waals surface area contributed by atoms with Gasteiger partial charge in [0.1, 0.15) is 6.61 Å². The van der Waals surface area contributed by atoms with E-state index in [2.05, 4.69) is 10.3 Å². The first kappa shape index (κ1) is 19.9. The van der Waals surface area contributed by atoms with Crippen LogP contribution in [0.2, 0.25) is 0 Å². The predicted octanol–water partition coefficient (Wildman–Crippen LogP) is 2.77. The van der Waals surface area contributed by atoms with Crippen LogP contribution in [0.1, 0.15) is 16.2 Å². The molecule has 0 unspecified atom stereocenters. The van der Waals surface area contributed by atoms with Gasteiger partial charge in [0.2, 0.25) is 0 Å². The summed E-state index contributed by atoms with van der Waals surface area (Å²) in [5.41, 5.74) is 0.892. The van der Waals surface area contributed by atoms with Gasteiger partial charge in [-0.1, -0.05) is 23.4 Å². The van der Waals surface area contributed by atoms with Gasteiger partial charge in [0.25, 0.3) is 11.6 Å². The second-order valence-corrected chi connectivity index (χ2v) is 6.22. The molecular weight excluding hydrogens is 381 g/mol. The summed E-state index contributed by atoms with van der Waals surface area (Å²) in [4.78, 5) is 24.5. The zero-order valence-corrected chi connectivity index (χ0v) is 15.8. The zero-order chi connectivity index (χ0) is 21.0. The van der Waals surface area contributed by atoms with E-state index in [0.29, 0.717) is 11.4 Å². The highest BCUT2D eigenvalue weighted by Crippen LogP contribution is 2.19. The van der Waals surface area contributed by atoms with Gasteiger partial charge in [-0.3, -0.25) is 14.9 Å². The van der Waals surface area contributed by atoms with Crippen molar-refractivity contribution < 1.29 is 18.8 Å². The van der Waals surface area contributed by atoms with E-state index < -0.39 is 16.6 Å². The summed E-state index contributed by atoms with van der Waals surface area (Å²) in [5, 5.41) is 18.8. The van der Waals surface area contributed by atoms with Crippen molar-refractivity contribution in [2.24, 2.45) is 0 Å². The van der Waals surface area contributed by atoms with Crippen LogP contribution < -0.4 is 4.74 Å². The van der Waals surface area contributed by atoms with Gasteiger partial charge < -0.3 is 9.64 Å². The van der Waals surface area contributed by atoms with Gasteiger partial charge in [-0.2, -0.15) is 0 Å². The Morgan fingerprint density at radius 3 is 2.76 bits per heavy atom. The summed E-state index contributed by atoms with van der Waals surface area (Å²) < 4.78 is 20.3. The number of carbonyl (C=O) groups excluding carboxylic acids is 1. The van der Waals surface area contributed by atoms with Crippen molar-refractivity contribution in [1.82, 2.24) is 19.9 Å². The van der Waals surface area contributed by atoms with Crippen LogP contribution in [0.15, 0.2) is 48.5 Å². The molecule has 0 fully saturated rings. The Bertz CT molecular complexity index is 1050. The van der Waals surface area contributed by atoms with E-state index in [0.717, 1.165) is 0 Å². The minimum absolute atomic E-state index is 0.0901. The van der Waals surface area contributed by atoms with Crippen LogP contribution in [0.5, 0.6) is 5.75 Å². The number of para-hydroxylation sites is 1. The Morgan fingerprint density at radius 2 is 2.03 bits per heavy atom. The lowest BCUT2D eigenvalue weighted by Crippen LogP contribution is -2.31. The Morgan fingerprint density at radius 1 is 1.28 bits per heavy atom. The van der Waals surface area contributed by atoms with Crippen molar-refractivity contribution >= 4 is 11.6 Å². The number of nitro groups is 1. The SMILES string of the molecule is Cc1c(C(=O)N(C)CCOc2ccccc2F)nnn1-c1cccc([N+](=O)[O-])c1. The highest BCUT2D eigenvalue weighted by Gasteiger charge is 2.21. The highest BCUT2D eigenvalue weighted by atomic mass is 19.1. The molecule has 1 amide bonds. The normalized spacial score (nSPS) is 10.6. The molecule has 0 aliphatic rings. The molecule has 0 radical (unpaired) electrons. The molecule has 150 valence electrons. The third kappa shape index (κ3) is 4.37. The van der Waals surface area contributed by atoms with Gasteiger partial charge in [0.15, 0.2) is 17.3 Å². The fourth-order valence-corrected chi connectivity index (χ4v) is 2.65. The molecule has 10 heteroatoms. The lowest BCUT2D eigenvalue weighted by atomic mass is 10.2. The molecule has 3 rings (SSSR count). The van der Waals surface area contributed by atoms with E-state index in [9.17, 15) is 19.3 Å². The fourth-order valence-electron chi connectivity index (χ4n) is 2.65. The van der Waals surface area contributed by atoms with Crippen molar-refractivity contribution in [1.29, 1.82) is 0 Å². The lowest BCUT2D eigenvalue weighted by molar-refractivity contribution is -0.384. The Kier molecular flexibility index (Phi) is 5.82. The van der Waals surface area contributed by atoms with Crippen molar-refractivity contribution in [3.05, 3.63) is 75.9 Å². The summed E-state index contributed by atoms with van der Waals surface area (Å²) in [7, 11) is 1.57. The number of hydrogen-bond acceptors (Lipinski definition) is 6. The number of nitro benzene ring substituents is 1. The monoisotopic (exact) mass is 399 g/mol. The number of benzene rings is 2. The average molecular weight is 399 g/mol. The molecule has 0 aliphatic heterocycles. The minimum Gasteiger partial charge on any atom is -0.489 e. The second kappa shape index (κ2) is 8.46. The Labute approximate surface area is 165 Å². The number of non-ortho nitro benzene ring substituents is 1. The summed E-state index contributed by atoms with van der Waals surface area (Å²) in [6.45, 7) is 1.95. The minimum atomic E-state index is -0.509. The smallest absolute Gasteiger partial charge is 0.276 e. The van der Waals surface area contributed by atoms with E-state index in [-0.39, 0.29) is 30.3 Å². The number of amides is 1. The van der Waals surface area contributed by atoms with Crippen LogP contribution in [-0.4, -0.2) is 50.9 Å². The molecule has 0 atom stereocenters. The van der Waals surface area contributed by atoms with Gasteiger partial charge in [0, 0.05) is 19.2 Å². The first-order valence-corrected chi connectivity index (χ1v) is 8.68. The quantitative estimate of drug-likeness (QED) is 0.447. The number of rotatable bonds is 7. The molecule has 0 spiro atoms. The zero-order valence-electron chi connectivity index (χ0n) is 15.8. The molecule has 0 saturated heterocycles. The van der Waals surface area contributed by atoms with E-state index in [1.807, 2.05) is 0 Å². The van der Waals surface area contributed by atoms with Crippen molar-refractivity contribution in [3.8, 4) is 11.4 Å². The molecule has 9 nitrogen and oxygen atoms in total. The third-order valence-electron chi connectivity index (χ3n) is 4.25. The second-order valence-electron chi connectivity index (χ2n) is 6.22. The number of nitrogens with zero attached hydrogens (tertiary/aromatic N) is 5. The largest absolute Gasteiger partial charge is 0.489 e. The van der Waals surface area contributed by atoms with Crippen LogP contribution in [0.25, 0.3) is 5.69 Å². The molecule has 0 saturated carbocycles. The van der Waals surface area contributed by atoms with Crippen molar-refractivity contribution in [2.75, 3.05) is 20.2 Å². The summed E-state index contributed by atoms with van der Waals surface area (Å²) in [6.07, 6.45) is 0. The van der Waals surface area contributed by atoms with Crippen molar-refractivity contribution in [2.45, 2.75) is 6.92 Å². The Balaban J connectivity index is 1.69. The number of ether oxygens (including phenoxy) is 1. The van der Waals surface area contributed by atoms with Crippen LogP contribution in [-0.2, 0) is 0 Å². The van der Waals surface area contributed by atoms with Crippen LogP contribution in [0, 0.1) is 22.9 Å². The molecule has 3 aromatic rings. The molecule has 29 heavy (non-hydrogen) atoms.